The number of rotatable bonds is 8. The number of likely N-dealkylation sites (N-methyl/N-ethyl adjacent to an activating group) is 1. The Hall–Kier alpha value is -2.44. The van der Waals surface area contributed by atoms with E-state index in [2.05, 4.69) is 10.6 Å². The van der Waals surface area contributed by atoms with Crippen LogP contribution in [0.2, 0.25) is 5.02 Å². The van der Waals surface area contributed by atoms with Crippen molar-refractivity contribution in [2.75, 3.05) is 7.05 Å². The van der Waals surface area contributed by atoms with E-state index in [0.717, 1.165) is 5.56 Å². The van der Waals surface area contributed by atoms with Crippen LogP contribution in [0.25, 0.3) is 0 Å². The Morgan fingerprint density at radius 1 is 1.11 bits per heavy atom. The first kappa shape index (κ1) is 20.9. The first-order chi connectivity index (χ1) is 12.9. The molecule has 0 heterocycles. The normalized spacial score (nSPS) is 12.9. The van der Waals surface area contributed by atoms with Gasteiger partial charge in [-0.15, -0.1) is 0 Å². The second-order valence-corrected chi connectivity index (χ2v) is 6.76. The first-order valence-electron chi connectivity index (χ1n) is 8.63. The standard InChI is InChI=1S/C20H23ClFN3O2/c1-24-20(27)18(10-13-6-8-15(21)9-7-13)25-19(26)12-16(23)11-14-4-2-3-5-17(14)22/h2-9,16,18H,10-12,23H2,1H3,(H,24,27)(H,25,26). The predicted molar refractivity (Wildman–Crippen MR) is 104 cm³/mol. The van der Waals surface area contributed by atoms with Gasteiger partial charge in [0, 0.05) is 31.0 Å². The number of nitrogens with one attached hydrogen (secondary N) is 2. The highest BCUT2D eigenvalue weighted by Gasteiger charge is 2.21. The van der Waals surface area contributed by atoms with Crippen molar-refractivity contribution in [2.24, 2.45) is 5.73 Å². The fourth-order valence-corrected chi connectivity index (χ4v) is 2.88. The third kappa shape index (κ3) is 6.66. The molecule has 2 aromatic rings. The van der Waals surface area contributed by atoms with Gasteiger partial charge in [-0.05, 0) is 35.7 Å². The molecular formula is C20H23ClFN3O2. The zero-order valence-electron chi connectivity index (χ0n) is 15.0. The van der Waals surface area contributed by atoms with E-state index >= 15 is 0 Å². The van der Waals surface area contributed by atoms with Gasteiger partial charge in [-0.3, -0.25) is 9.59 Å². The van der Waals surface area contributed by atoms with Crippen molar-refractivity contribution in [1.29, 1.82) is 0 Å². The summed E-state index contributed by atoms with van der Waals surface area (Å²) in [6.07, 6.45) is 0.551. The van der Waals surface area contributed by atoms with Crippen LogP contribution in [0.3, 0.4) is 0 Å². The molecule has 0 aliphatic rings. The van der Waals surface area contributed by atoms with Gasteiger partial charge in [0.05, 0.1) is 0 Å². The fraction of sp³-hybridized carbons (Fsp3) is 0.300. The Morgan fingerprint density at radius 3 is 2.41 bits per heavy atom. The van der Waals surface area contributed by atoms with Crippen molar-refractivity contribution in [3.8, 4) is 0 Å². The molecular weight excluding hydrogens is 369 g/mol. The minimum Gasteiger partial charge on any atom is -0.357 e. The lowest BCUT2D eigenvalue weighted by Crippen LogP contribution is -2.48. The van der Waals surface area contributed by atoms with Crippen LogP contribution in [0, 0.1) is 5.82 Å². The molecule has 27 heavy (non-hydrogen) atoms. The quantitative estimate of drug-likeness (QED) is 0.645. The zero-order chi connectivity index (χ0) is 19.8. The average Bonchev–Trinajstić information content (AvgIpc) is 2.64. The number of benzene rings is 2. The SMILES string of the molecule is CNC(=O)C(Cc1ccc(Cl)cc1)NC(=O)CC(N)Cc1ccccc1F. The zero-order valence-corrected chi connectivity index (χ0v) is 15.8. The molecule has 2 unspecified atom stereocenters. The minimum atomic E-state index is -0.732. The summed E-state index contributed by atoms with van der Waals surface area (Å²) in [7, 11) is 1.51. The summed E-state index contributed by atoms with van der Waals surface area (Å²) < 4.78 is 13.7. The minimum absolute atomic E-state index is 0.0115. The lowest BCUT2D eigenvalue weighted by Gasteiger charge is -2.19. The molecule has 2 amide bonds. The van der Waals surface area contributed by atoms with Crippen LogP contribution < -0.4 is 16.4 Å². The molecule has 0 spiro atoms. The van der Waals surface area contributed by atoms with Crippen LogP contribution >= 0.6 is 11.6 Å². The summed E-state index contributed by atoms with van der Waals surface area (Å²) in [4.78, 5) is 24.4. The van der Waals surface area contributed by atoms with Crippen molar-refractivity contribution in [3.05, 3.63) is 70.5 Å². The summed E-state index contributed by atoms with van der Waals surface area (Å²) >= 11 is 5.87. The molecule has 2 atom stereocenters. The number of amides is 2. The summed E-state index contributed by atoms with van der Waals surface area (Å²) in [5, 5.41) is 5.84. The highest BCUT2D eigenvalue weighted by Crippen LogP contribution is 2.12. The maximum atomic E-state index is 13.7. The second-order valence-electron chi connectivity index (χ2n) is 6.32. The fourth-order valence-electron chi connectivity index (χ4n) is 2.75. The van der Waals surface area contributed by atoms with Gasteiger partial charge < -0.3 is 16.4 Å². The highest BCUT2D eigenvalue weighted by atomic mass is 35.5. The molecule has 144 valence electrons. The lowest BCUT2D eigenvalue weighted by molar-refractivity contribution is -0.128. The number of nitrogens with two attached hydrogens (primary N) is 1. The Labute approximate surface area is 163 Å². The maximum absolute atomic E-state index is 13.7. The van der Waals surface area contributed by atoms with E-state index in [1.54, 1.807) is 42.5 Å². The van der Waals surface area contributed by atoms with Crippen molar-refractivity contribution in [2.45, 2.75) is 31.3 Å². The number of hydrogen-bond acceptors (Lipinski definition) is 3. The molecule has 2 rings (SSSR count). The largest absolute Gasteiger partial charge is 0.357 e. The van der Waals surface area contributed by atoms with Gasteiger partial charge in [-0.1, -0.05) is 41.9 Å². The Balaban J connectivity index is 1.95. The topological polar surface area (TPSA) is 84.2 Å². The Morgan fingerprint density at radius 2 is 1.78 bits per heavy atom. The van der Waals surface area contributed by atoms with Crippen LogP contribution in [0.5, 0.6) is 0 Å². The third-order valence-electron chi connectivity index (χ3n) is 4.14. The summed E-state index contributed by atoms with van der Waals surface area (Å²) in [6.45, 7) is 0. The number of carbonyl (C=O) groups is 2. The van der Waals surface area contributed by atoms with Crippen molar-refractivity contribution >= 4 is 23.4 Å². The average molecular weight is 392 g/mol. The molecule has 5 nitrogen and oxygen atoms in total. The lowest BCUT2D eigenvalue weighted by atomic mass is 10.0. The molecule has 0 aliphatic heterocycles. The van der Waals surface area contributed by atoms with Gasteiger partial charge in [0.2, 0.25) is 11.8 Å². The van der Waals surface area contributed by atoms with E-state index in [4.69, 9.17) is 17.3 Å². The van der Waals surface area contributed by atoms with Crippen molar-refractivity contribution < 1.29 is 14.0 Å². The molecule has 2 aromatic carbocycles. The van der Waals surface area contributed by atoms with E-state index in [1.165, 1.54) is 13.1 Å². The number of carbonyl (C=O) groups excluding carboxylic acids is 2. The molecule has 0 saturated heterocycles. The van der Waals surface area contributed by atoms with Gasteiger partial charge in [-0.25, -0.2) is 4.39 Å². The summed E-state index contributed by atoms with van der Waals surface area (Å²) in [5.74, 6) is -1.01. The molecule has 0 saturated carbocycles. The number of halogens is 2. The second kappa shape index (κ2) is 10.0. The van der Waals surface area contributed by atoms with E-state index in [0.29, 0.717) is 17.0 Å². The Kier molecular flexibility index (Phi) is 7.76. The van der Waals surface area contributed by atoms with E-state index < -0.39 is 12.1 Å². The summed E-state index contributed by atoms with van der Waals surface area (Å²) in [5.41, 5.74) is 7.31. The monoisotopic (exact) mass is 391 g/mol. The van der Waals surface area contributed by atoms with Gasteiger partial charge in [0.25, 0.3) is 0 Å². The van der Waals surface area contributed by atoms with Crippen molar-refractivity contribution in [1.82, 2.24) is 10.6 Å². The molecule has 0 radical (unpaired) electrons. The van der Waals surface area contributed by atoms with Crippen LogP contribution in [-0.4, -0.2) is 30.9 Å². The Bertz CT molecular complexity index is 783. The van der Waals surface area contributed by atoms with Crippen LogP contribution in [0.15, 0.2) is 48.5 Å². The van der Waals surface area contributed by atoms with E-state index in [1.807, 2.05) is 0 Å². The van der Waals surface area contributed by atoms with E-state index in [-0.39, 0.29) is 30.5 Å². The van der Waals surface area contributed by atoms with Gasteiger partial charge >= 0.3 is 0 Å². The summed E-state index contributed by atoms with van der Waals surface area (Å²) in [6, 6.07) is 12.1. The molecule has 0 bridgehead atoms. The van der Waals surface area contributed by atoms with Crippen molar-refractivity contribution in [3.63, 3.8) is 0 Å². The van der Waals surface area contributed by atoms with Crippen LogP contribution in [0.4, 0.5) is 4.39 Å². The molecule has 4 N–H and O–H groups in total. The molecule has 0 aliphatic carbocycles. The predicted octanol–water partition coefficient (Wildman–Crippen LogP) is 2.21. The molecule has 0 fully saturated rings. The first-order valence-corrected chi connectivity index (χ1v) is 9.01. The van der Waals surface area contributed by atoms with Gasteiger partial charge in [0.1, 0.15) is 11.9 Å². The smallest absolute Gasteiger partial charge is 0.242 e. The van der Waals surface area contributed by atoms with Gasteiger partial charge in [-0.2, -0.15) is 0 Å². The van der Waals surface area contributed by atoms with Crippen LogP contribution in [0.1, 0.15) is 17.5 Å². The third-order valence-corrected chi connectivity index (χ3v) is 4.39. The van der Waals surface area contributed by atoms with Gasteiger partial charge in [0.15, 0.2) is 0 Å². The molecule has 7 heteroatoms. The van der Waals surface area contributed by atoms with E-state index in [9.17, 15) is 14.0 Å². The molecule has 0 aromatic heterocycles. The van der Waals surface area contributed by atoms with Crippen LogP contribution in [-0.2, 0) is 22.4 Å². The highest BCUT2D eigenvalue weighted by molar-refractivity contribution is 6.30. The maximum Gasteiger partial charge on any atom is 0.242 e. The number of hydrogen-bond donors (Lipinski definition) is 3.